The first kappa shape index (κ1) is 19.5. The molecular formula is C18H19F3N10. The summed E-state index contributed by atoms with van der Waals surface area (Å²) in [5.74, 6) is 0.401. The van der Waals surface area contributed by atoms with Crippen molar-refractivity contribution >= 4 is 28.4 Å². The number of halogens is 3. The monoisotopic (exact) mass is 432 g/mol. The van der Waals surface area contributed by atoms with Gasteiger partial charge in [0.05, 0.1) is 11.7 Å². The molecule has 13 heteroatoms. The van der Waals surface area contributed by atoms with Crippen molar-refractivity contribution in [3.8, 4) is 11.3 Å². The topological polar surface area (TPSA) is 115 Å². The SMILES string of the molecule is CN1C[C@H](F)[C@H](Nc2nc(N)c3c(-c4ccc5nnn(CC(F)F)c5n4)ccn3n2)C1. The zero-order valence-electron chi connectivity index (χ0n) is 16.5. The number of likely N-dealkylation sites (N-methyl/N-ethyl adjacent to an activating group) is 1. The number of aromatic nitrogens is 7. The summed E-state index contributed by atoms with van der Waals surface area (Å²) in [6, 6.07) is 4.68. The van der Waals surface area contributed by atoms with E-state index in [2.05, 4.69) is 30.7 Å². The van der Waals surface area contributed by atoms with Gasteiger partial charge in [-0.05, 0) is 25.2 Å². The molecule has 0 bridgehead atoms. The predicted octanol–water partition coefficient (Wildman–Crippen LogP) is 1.45. The van der Waals surface area contributed by atoms with Crippen LogP contribution in [0.3, 0.4) is 0 Å². The molecule has 4 aromatic heterocycles. The first-order valence-electron chi connectivity index (χ1n) is 9.62. The largest absolute Gasteiger partial charge is 0.382 e. The Labute approximate surface area is 173 Å². The maximum Gasteiger partial charge on any atom is 0.258 e. The fourth-order valence-corrected chi connectivity index (χ4v) is 3.83. The zero-order valence-corrected chi connectivity index (χ0v) is 16.5. The van der Waals surface area contributed by atoms with Crippen LogP contribution in [-0.2, 0) is 6.54 Å². The number of rotatable bonds is 5. The maximum absolute atomic E-state index is 14.1. The second-order valence-electron chi connectivity index (χ2n) is 7.53. The first-order chi connectivity index (χ1) is 14.9. The number of nitrogens with zero attached hydrogens (tertiary/aromatic N) is 8. The lowest BCUT2D eigenvalue weighted by Crippen LogP contribution is -2.30. The molecule has 5 heterocycles. The standard InChI is InChI=1S/C18H19F3N10/c1-29-6-10(19)13(7-29)24-18-25-16(22)15-9(4-5-30(15)27-18)11-2-3-12-17(23-11)31(28-26-12)8-14(20)21/h2-5,10,13-14H,6-8H2,1H3,(H3,22,24,25,27)/t10-,13+/m0/s1. The molecule has 1 aliphatic rings. The molecule has 0 aliphatic carbocycles. The minimum atomic E-state index is -2.58. The van der Waals surface area contributed by atoms with Crippen molar-refractivity contribution < 1.29 is 13.2 Å². The summed E-state index contributed by atoms with van der Waals surface area (Å²) in [7, 11) is 1.84. The van der Waals surface area contributed by atoms with Crippen LogP contribution in [-0.4, -0.2) is 78.3 Å². The highest BCUT2D eigenvalue weighted by Gasteiger charge is 2.31. The summed E-state index contributed by atoms with van der Waals surface area (Å²) in [6.45, 7) is 0.271. The average Bonchev–Trinajstić information content (AvgIpc) is 3.39. The molecule has 10 nitrogen and oxygen atoms in total. The van der Waals surface area contributed by atoms with Crippen LogP contribution in [0, 0.1) is 0 Å². The lowest BCUT2D eigenvalue weighted by atomic mass is 10.2. The van der Waals surface area contributed by atoms with Crippen LogP contribution in [0.25, 0.3) is 27.9 Å². The molecule has 1 saturated heterocycles. The van der Waals surface area contributed by atoms with Gasteiger partial charge in [0.25, 0.3) is 6.43 Å². The normalized spacial score (nSPS) is 19.8. The fourth-order valence-electron chi connectivity index (χ4n) is 3.83. The number of anilines is 2. The molecule has 162 valence electrons. The van der Waals surface area contributed by atoms with Crippen LogP contribution >= 0.6 is 0 Å². The van der Waals surface area contributed by atoms with E-state index in [1.165, 1.54) is 4.52 Å². The van der Waals surface area contributed by atoms with Crippen LogP contribution < -0.4 is 11.1 Å². The minimum absolute atomic E-state index is 0.181. The number of nitrogens with two attached hydrogens (primary N) is 1. The number of fused-ring (bicyclic) bond motifs is 2. The van der Waals surface area contributed by atoms with Crippen LogP contribution in [0.2, 0.25) is 0 Å². The van der Waals surface area contributed by atoms with E-state index in [4.69, 9.17) is 5.73 Å². The third-order valence-corrected chi connectivity index (χ3v) is 5.23. The van der Waals surface area contributed by atoms with E-state index in [0.717, 1.165) is 4.68 Å². The molecule has 2 atom stereocenters. The van der Waals surface area contributed by atoms with E-state index >= 15 is 0 Å². The Morgan fingerprint density at radius 3 is 2.81 bits per heavy atom. The number of alkyl halides is 3. The molecule has 0 radical (unpaired) electrons. The van der Waals surface area contributed by atoms with Crippen LogP contribution in [0.4, 0.5) is 24.9 Å². The Morgan fingerprint density at radius 1 is 1.23 bits per heavy atom. The maximum atomic E-state index is 14.1. The molecule has 4 aromatic rings. The summed E-state index contributed by atoms with van der Waals surface area (Å²) in [4.78, 5) is 10.6. The third-order valence-electron chi connectivity index (χ3n) is 5.23. The van der Waals surface area contributed by atoms with Gasteiger partial charge in [0.15, 0.2) is 11.5 Å². The van der Waals surface area contributed by atoms with Gasteiger partial charge in [0, 0.05) is 24.8 Å². The van der Waals surface area contributed by atoms with E-state index in [-0.39, 0.29) is 17.4 Å². The van der Waals surface area contributed by atoms with Gasteiger partial charge in [-0.1, -0.05) is 5.21 Å². The lowest BCUT2D eigenvalue weighted by Gasteiger charge is -2.15. The Kier molecular flexibility index (Phi) is 4.61. The quantitative estimate of drug-likeness (QED) is 0.487. The summed E-state index contributed by atoms with van der Waals surface area (Å²) in [5.41, 5.74) is 8.47. The van der Waals surface area contributed by atoms with E-state index in [1.807, 2.05) is 11.9 Å². The van der Waals surface area contributed by atoms with Crippen molar-refractivity contribution in [2.24, 2.45) is 0 Å². The second kappa shape index (κ2) is 7.34. The third kappa shape index (κ3) is 3.50. The van der Waals surface area contributed by atoms with Gasteiger partial charge in [-0.15, -0.1) is 10.2 Å². The van der Waals surface area contributed by atoms with Gasteiger partial charge in [-0.25, -0.2) is 27.4 Å². The van der Waals surface area contributed by atoms with Gasteiger partial charge < -0.3 is 16.0 Å². The number of likely N-dealkylation sites (tertiary alicyclic amines) is 1. The first-order valence-corrected chi connectivity index (χ1v) is 9.62. The van der Waals surface area contributed by atoms with Gasteiger partial charge in [-0.3, -0.25) is 0 Å². The smallest absolute Gasteiger partial charge is 0.258 e. The van der Waals surface area contributed by atoms with Gasteiger partial charge in [-0.2, -0.15) is 4.98 Å². The molecule has 1 aliphatic heterocycles. The molecule has 0 spiro atoms. The highest BCUT2D eigenvalue weighted by Crippen LogP contribution is 2.29. The summed E-state index contributed by atoms with van der Waals surface area (Å²) in [5, 5.41) is 15.0. The average molecular weight is 432 g/mol. The molecule has 1 fully saturated rings. The molecule has 31 heavy (non-hydrogen) atoms. The van der Waals surface area contributed by atoms with Gasteiger partial charge >= 0.3 is 0 Å². The van der Waals surface area contributed by atoms with Crippen LogP contribution in [0.1, 0.15) is 0 Å². The van der Waals surface area contributed by atoms with E-state index in [0.29, 0.717) is 35.4 Å². The van der Waals surface area contributed by atoms with Crippen molar-refractivity contribution in [1.29, 1.82) is 0 Å². The molecule has 3 N–H and O–H groups in total. The zero-order chi connectivity index (χ0) is 21.7. The molecule has 0 unspecified atom stereocenters. The molecule has 0 saturated carbocycles. The Bertz CT molecular complexity index is 1250. The molecule has 0 aromatic carbocycles. The summed E-state index contributed by atoms with van der Waals surface area (Å²) in [6.07, 6.45) is -1.93. The Morgan fingerprint density at radius 2 is 2.06 bits per heavy atom. The van der Waals surface area contributed by atoms with Crippen LogP contribution in [0.15, 0.2) is 24.4 Å². The Balaban J connectivity index is 1.51. The van der Waals surface area contributed by atoms with Gasteiger partial charge in [0.2, 0.25) is 5.95 Å². The fraction of sp³-hybridized carbons (Fsp3) is 0.389. The number of nitrogens with one attached hydrogen (secondary N) is 1. The second-order valence-corrected chi connectivity index (χ2v) is 7.53. The molecular weight excluding hydrogens is 413 g/mol. The number of pyridine rings is 1. The van der Waals surface area contributed by atoms with E-state index < -0.39 is 25.2 Å². The predicted molar refractivity (Wildman–Crippen MR) is 108 cm³/mol. The van der Waals surface area contributed by atoms with Crippen molar-refractivity contribution in [2.75, 3.05) is 31.2 Å². The highest BCUT2D eigenvalue weighted by atomic mass is 19.3. The summed E-state index contributed by atoms with van der Waals surface area (Å²) < 4.78 is 42.3. The molecule has 0 amide bonds. The van der Waals surface area contributed by atoms with Crippen LogP contribution in [0.5, 0.6) is 0 Å². The van der Waals surface area contributed by atoms with E-state index in [1.54, 1.807) is 24.4 Å². The number of nitrogen functional groups attached to an aromatic ring is 1. The number of hydrogen-bond acceptors (Lipinski definition) is 8. The van der Waals surface area contributed by atoms with Crippen molar-refractivity contribution in [3.05, 3.63) is 24.4 Å². The van der Waals surface area contributed by atoms with Crippen molar-refractivity contribution in [3.63, 3.8) is 0 Å². The highest BCUT2D eigenvalue weighted by molar-refractivity contribution is 5.88. The minimum Gasteiger partial charge on any atom is -0.382 e. The number of hydrogen-bond donors (Lipinski definition) is 2. The lowest BCUT2D eigenvalue weighted by molar-refractivity contribution is 0.122. The Hall–Kier alpha value is -3.48. The van der Waals surface area contributed by atoms with E-state index in [9.17, 15) is 13.2 Å². The summed E-state index contributed by atoms with van der Waals surface area (Å²) >= 11 is 0. The molecule has 5 rings (SSSR count). The van der Waals surface area contributed by atoms with Crippen molar-refractivity contribution in [1.82, 2.24) is 39.5 Å². The van der Waals surface area contributed by atoms with Gasteiger partial charge in [0.1, 0.15) is 23.7 Å². The van der Waals surface area contributed by atoms with Crippen molar-refractivity contribution in [2.45, 2.75) is 25.2 Å².